The van der Waals surface area contributed by atoms with Crippen molar-refractivity contribution in [3.8, 4) is 5.75 Å². The van der Waals surface area contributed by atoms with Gasteiger partial charge in [0.2, 0.25) is 5.95 Å². The Labute approximate surface area is 113 Å². The van der Waals surface area contributed by atoms with Crippen LogP contribution in [0.2, 0.25) is 0 Å². The topological polar surface area (TPSA) is 48.3 Å². The standard InChI is InChI=1S/C14H19N3O2/c1-11-4-5-13(19-3)12(10-11)16-14-15-6-7-17(14)8-9-18-2/h4-7,10H,8-9H2,1-3H3,(H,15,16). The first-order chi connectivity index (χ1) is 9.24. The lowest BCUT2D eigenvalue weighted by atomic mass is 10.2. The number of benzene rings is 1. The molecule has 0 fully saturated rings. The molecule has 2 rings (SSSR count). The molecular formula is C14H19N3O2. The van der Waals surface area contributed by atoms with Crippen molar-refractivity contribution < 1.29 is 9.47 Å². The normalized spacial score (nSPS) is 10.5. The summed E-state index contributed by atoms with van der Waals surface area (Å²) in [7, 11) is 3.35. The average molecular weight is 261 g/mol. The monoisotopic (exact) mass is 261 g/mol. The van der Waals surface area contributed by atoms with Gasteiger partial charge in [-0.15, -0.1) is 0 Å². The fourth-order valence-electron chi connectivity index (χ4n) is 1.84. The van der Waals surface area contributed by atoms with E-state index in [9.17, 15) is 0 Å². The highest BCUT2D eigenvalue weighted by Gasteiger charge is 2.07. The third kappa shape index (κ3) is 3.26. The van der Waals surface area contributed by atoms with E-state index in [0.717, 1.165) is 23.9 Å². The molecule has 0 saturated carbocycles. The molecule has 0 radical (unpaired) electrons. The van der Waals surface area contributed by atoms with Gasteiger partial charge in [0.1, 0.15) is 5.75 Å². The van der Waals surface area contributed by atoms with Crippen LogP contribution in [0.4, 0.5) is 11.6 Å². The summed E-state index contributed by atoms with van der Waals surface area (Å²) in [5.41, 5.74) is 2.07. The minimum atomic E-state index is 0.649. The number of nitrogens with one attached hydrogen (secondary N) is 1. The Morgan fingerprint density at radius 3 is 2.89 bits per heavy atom. The van der Waals surface area contributed by atoms with Crippen LogP contribution < -0.4 is 10.1 Å². The highest BCUT2D eigenvalue weighted by atomic mass is 16.5. The fraction of sp³-hybridized carbons (Fsp3) is 0.357. The van der Waals surface area contributed by atoms with Crippen LogP contribution in [0.3, 0.4) is 0 Å². The van der Waals surface area contributed by atoms with Gasteiger partial charge in [-0.1, -0.05) is 6.07 Å². The van der Waals surface area contributed by atoms with Crippen molar-refractivity contribution in [3.63, 3.8) is 0 Å². The predicted molar refractivity (Wildman–Crippen MR) is 75.1 cm³/mol. The van der Waals surface area contributed by atoms with E-state index in [0.29, 0.717) is 6.61 Å². The van der Waals surface area contributed by atoms with Gasteiger partial charge in [-0.25, -0.2) is 4.98 Å². The van der Waals surface area contributed by atoms with Crippen LogP contribution >= 0.6 is 0 Å². The third-order valence-electron chi connectivity index (χ3n) is 2.85. The molecule has 0 aliphatic carbocycles. The molecule has 1 aromatic carbocycles. The summed E-state index contributed by atoms with van der Waals surface area (Å²) in [4.78, 5) is 4.31. The largest absolute Gasteiger partial charge is 0.495 e. The SMILES string of the molecule is COCCn1ccnc1Nc1cc(C)ccc1OC. The van der Waals surface area contributed by atoms with Crippen molar-refractivity contribution in [1.29, 1.82) is 0 Å². The molecule has 0 aliphatic heterocycles. The Kier molecular flexibility index (Phi) is 4.41. The number of methoxy groups -OCH3 is 2. The second-order valence-electron chi connectivity index (χ2n) is 4.27. The van der Waals surface area contributed by atoms with Gasteiger partial charge in [0, 0.05) is 26.0 Å². The highest BCUT2D eigenvalue weighted by Crippen LogP contribution is 2.27. The lowest BCUT2D eigenvalue weighted by Gasteiger charge is -2.13. The van der Waals surface area contributed by atoms with Gasteiger partial charge in [-0.05, 0) is 24.6 Å². The number of anilines is 2. The number of rotatable bonds is 6. The maximum Gasteiger partial charge on any atom is 0.207 e. The summed E-state index contributed by atoms with van der Waals surface area (Å²) >= 11 is 0. The van der Waals surface area contributed by atoms with E-state index in [4.69, 9.17) is 9.47 Å². The third-order valence-corrected chi connectivity index (χ3v) is 2.85. The quantitative estimate of drug-likeness (QED) is 0.868. The van der Waals surface area contributed by atoms with E-state index in [2.05, 4.69) is 10.3 Å². The predicted octanol–water partition coefficient (Wildman–Crippen LogP) is 2.59. The van der Waals surface area contributed by atoms with Crippen LogP contribution in [0.25, 0.3) is 0 Å². The van der Waals surface area contributed by atoms with Crippen LogP contribution in [0.1, 0.15) is 5.56 Å². The summed E-state index contributed by atoms with van der Waals surface area (Å²) in [6.45, 7) is 3.45. The molecule has 0 bridgehead atoms. The Bertz CT molecular complexity index is 537. The van der Waals surface area contributed by atoms with Gasteiger partial charge in [0.15, 0.2) is 0 Å². The van der Waals surface area contributed by atoms with E-state index in [1.807, 2.05) is 35.9 Å². The highest BCUT2D eigenvalue weighted by molar-refractivity contribution is 5.63. The number of hydrogen-bond donors (Lipinski definition) is 1. The van der Waals surface area contributed by atoms with Gasteiger partial charge in [0.05, 0.1) is 19.4 Å². The smallest absolute Gasteiger partial charge is 0.207 e. The second kappa shape index (κ2) is 6.24. The van der Waals surface area contributed by atoms with E-state index < -0.39 is 0 Å². The van der Waals surface area contributed by atoms with Crippen molar-refractivity contribution in [1.82, 2.24) is 9.55 Å². The second-order valence-corrected chi connectivity index (χ2v) is 4.27. The number of aryl methyl sites for hydroxylation is 1. The zero-order valence-corrected chi connectivity index (χ0v) is 11.5. The molecule has 19 heavy (non-hydrogen) atoms. The van der Waals surface area contributed by atoms with Crippen molar-refractivity contribution in [3.05, 3.63) is 36.2 Å². The molecule has 0 spiro atoms. The van der Waals surface area contributed by atoms with E-state index >= 15 is 0 Å². The number of ether oxygens (including phenoxy) is 2. The molecule has 5 heteroatoms. The Morgan fingerprint density at radius 2 is 2.16 bits per heavy atom. The first kappa shape index (κ1) is 13.4. The molecule has 1 aromatic heterocycles. The molecule has 0 unspecified atom stereocenters. The lowest BCUT2D eigenvalue weighted by Crippen LogP contribution is -2.07. The zero-order chi connectivity index (χ0) is 13.7. The minimum absolute atomic E-state index is 0.649. The molecule has 0 aliphatic rings. The van der Waals surface area contributed by atoms with Crippen LogP contribution in [-0.4, -0.2) is 30.4 Å². The number of imidazole rings is 1. The molecule has 1 N–H and O–H groups in total. The van der Waals surface area contributed by atoms with Crippen LogP contribution in [0, 0.1) is 6.92 Å². The number of nitrogens with zero attached hydrogens (tertiary/aromatic N) is 2. The molecule has 5 nitrogen and oxygen atoms in total. The van der Waals surface area contributed by atoms with Gasteiger partial charge >= 0.3 is 0 Å². The molecular weight excluding hydrogens is 242 g/mol. The summed E-state index contributed by atoms with van der Waals surface area (Å²) in [5, 5.41) is 3.29. The Hall–Kier alpha value is -2.01. The average Bonchev–Trinajstić information content (AvgIpc) is 2.84. The summed E-state index contributed by atoms with van der Waals surface area (Å²) in [6.07, 6.45) is 3.68. The van der Waals surface area contributed by atoms with Crippen LogP contribution in [0.15, 0.2) is 30.6 Å². The van der Waals surface area contributed by atoms with Gasteiger partial charge in [0.25, 0.3) is 0 Å². The number of hydrogen-bond acceptors (Lipinski definition) is 4. The maximum absolute atomic E-state index is 5.35. The van der Waals surface area contributed by atoms with E-state index in [1.54, 1.807) is 20.4 Å². The van der Waals surface area contributed by atoms with Gasteiger partial charge in [-0.2, -0.15) is 0 Å². The van der Waals surface area contributed by atoms with Gasteiger partial charge in [-0.3, -0.25) is 0 Å². The van der Waals surface area contributed by atoms with E-state index in [1.165, 1.54) is 5.56 Å². The summed E-state index contributed by atoms with van der Waals surface area (Å²) < 4.78 is 12.4. The summed E-state index contributed by atoms with van der Waals surface area (Å²) in [6, 6.07) is 6.00. The Balaban J connectivity index is 2.21. The molecule has 0 amide bonds. The maximum atomic E-state index is 5.35. The molecule has 102 valence electrons. The van der Waals surface area contributed by atoms with Crippen molar-refractivity contribution in [2.24, 2.45) is 0 Å². The number of aromatic nitrogens is 2. The molecule has 0 saturated heterocycles. The van der Waals surface area contributed by atoms with Crippen LogP contribution in [0.5, 0.6) is 5.75 Å². The lowest BCUT2D eigenvalue weighted by molar-refractivity contribution is 0.188. The zero-order valence-electron chi connectivity index (χ0n) is 11.5. The van der Waals surface area contributed by atoms with Crippen molar-refractivity contribution >= 4 is 11.6 Å². The summed E-state index contributed by atoms with van der Waals surface area (Å²) in [5.74, 6) is 1.58. The van der Waals surface area contributed by atoms with E-state index in [-0.39, 0.29) is 0 Å². The van der Waals surface area contributed by atoms with Crippen molar-refractivity contribution in [2.45, 2.75) is 13.5 Å². The Morgan fingerprint density at radius 1 is 1.32 bits per heavy atom. The first-order valence-electron chi connectivity index (χ1n) is 6.16. The van der Waals surface area contributed by atoms with Crippen LogP contribution in [-0.2, 0) is 11.3 Å². The van der Waals surface area contributed by atoms with Crippen molar-refractivity contribution in [2.75, 3.05) is 26.1 Å². The molecule has 0 atom stereocenters. The minimum Gasteiger partial charge on any atom is -0.495 e. The molecule has 2 aromatic rings. The molecule has 1 heterocycles. The fourth-order valence-corrected chi connectivity index (χ4v) is 1.84. The first-order valence-corrected chi connectivity index (χ1v) is 6.16. The van der Waals surface area contributed by atoms with Gasteiger partial charge < -0.3 is 19.4 Å².